The van der Waals surface area contributed by atoms with E-state index in [1.165, 1.54) is 0 Å². The molecule has 1 saturated carbocycles. The minimum atomic E-state index is -4.09. The molecular formula is C16H22F3NO. The summed E-state index contributed by atoms with van der Waals surface area (Å²) in [5, 5.41) is 0. The maximum Gasteiger partial charge on any atom is 0.391 e. The Balaban J connectivity index is 2.01. The summed E-state index contributed by atoms with van der Waals surface area (Å²) in [7, 11) is 1.59. The predicted octanol–water partition coefficient (Wildman–Crippen LogP) is 3.93. The van der Waals surface area contributed by atoms with Crippen LogP contribution in [0.1, 0.15) is 31.2 Å². The SMILES string of the molecule is COc1ccccc1CC(N)C1CCCC(C(F)(F)F)C1. The first-order valence-electron chi connectivity index (χ1n) is 7.36. The van der Waals surface area contributed by atoms with Crippen LogP contribution in [-0.4, -0.2) is 19.3 Å². The summed E-state index contributed by atoms with van der Waals surface area (Å²) in [5.74, 6) is -0.522. The molecular weight excluding hydrogens is 279 g/mol. The highest BCUT2D eigenvalue weighted by Gasteiger charge is 2.43. The van der Waals surface area contributed by atoms with Crippen molar-refractivity contribution in [1.82, 2.24) is 0 Å². The van der Waals surface area contributed by atoms with E-state index >= 15 is 0 Å². The van der Waals surface area contributed by atoms with E-state index in [0.717, 1.165) is 17.7 Å². The molecule has 0 amide bonds. The highest BCUT2D eigenvalue weighted by molar-refractivity contribution is 5.33. The number of benzene rings is 1. The molecule has 0 heterocycles. The van der Waals surface area contributed by atoms with Gasteiger partial charge in [0.2, 0.25) is 0 Å². The highest BCUT2D eigenvalue weighted by atomic mass is 19.4. The average molecular weight is 301 g/mol. The maximum absolute atomic E-state index is 12.9. The van der Waals surface area contributed by atoms with Crippen molar-refractivity contribution in [3.63, 3.8) is 0 Å². The molecule has 0 radical (unpaired) electrons. The topological polar surface area (TPSA) is 35.2 Å². The van der Waals surface area contributed by atoms with Crippen molar-refractivity contribution in [2.45, 2.75) is 44.3 Å². The van der Waals surface area contributed by atoms with Gasteiger partial charge in [-0.3, -0.25) is 0 Å². The van der Waals surface area contributed by atoms with Crippen molar-refractivity contribution in [3.05, 3.63) is 29.8 Å². The van der Waals surface area contributed by atoms with Crippen LogP contribution in [-0.2, 0) is 6.42 Å². The molecule has 0 aromatic heterocycles. The van der Waals surface area contributed by atoms with Gasteiger partial charge in [0.15, 0.2) is 0 Å². The Morgan fingerprint density at radius 1 is 1.29 bits per heavy atom. The number of nitrogens with two attached hydrogens (primary N) is 1. The summed E-state index contributed by atoms with van der Waals surface area (Å²) in [6.45, 7) is 0. The summed E-state index contributed by atoms with van der Waals surface area (Å²) in [5.41, 5.74) is 7.15. The van der Waals surface area contributed by atoms with Crippen molar-refractivity contribution < 1.29 is 17.9 Å². The second-order valence-electron chi connectivity index (χ2n) is 5.85. The minimum absolute atomic E-state index is 0.0738. The van der Waals surface area contributed by atoms with Gasteiger partial charge in [0, 0.05) is 6.04 Å². The number of methoxy groups -OCH3 is 1. The van der Waals surface area contributed by atoms with Gasteiger partial charge in [0.05, 0.1) is 13.0 Å². The minimum Gasteiger partial charge on any atom is -0.496 e. The van der Waals surface area contributed by atoms with E-state index in [1.54, 1.807) is 7.11 Å². The zero-order valence-electron chi connectivity index (χ0n) is 12.2. The molecule has 1 aliphatic carbocycles. The van der Waals surface area contributed by atoms with Gasteiger partial charge >= 0.3 is 6.18 Å². The van der Waals surface area contributed by atoms with E-state index in [1.807, 2.05) is 24.3 Å². The molecule has 1 aromatic rings. The summed E-state index contributed by atoms with van der Waals surface area (Å²) in [6, 6.07) is 7.27. The standard InChI is InChI=1S/C16H22F3NO/c1-21-15-8-3-2-5-12(15)10-14(20)11-6-4-7-13(9-11)16(17,18)19/h2-3,5,8,11,13-14H,4,6-7,9-10,20H2,1H3. The first-order valence-corrected chi connectivity index (χ1v) is 7.36. The molecule has 2 rings (SSSR count). The van der Waals surface area contributed by atoms with Crippen LogP contribution in [0.15, 0.2) is 24.3 Å². The zero-order chi connectivity index (χ0) is 15.5. The highest BCUT2D eigenvalue weighted by Crippen LogP contribution is 2.41. The summed E-state index contributed by atoms with van der Waals surface area (Å²) in [4.78, 5) is 0. The number of hydrogen-bond acceptors (Lipinski definition) is 2. The third-order valence-corrected chi connectivity index (χ3v) is 4.43. The Morgan fingerprint density at radius 2 is 2.00 bits per heavy atom. The number of ether oxygens (including phenoxy) is 1. The van der Waals surface area contributed by atoms with Crippen LogP contribution in [0.3, 0.4) is 0 Å². The van der Waals surface area contributed by atoms with Crippen molar-refractivity contribution in [3.8, 4) is 5.75 Å². The van der Waals surface area contributed by atoms with Crippen molar-refractivity contribution in [1.29, 1.82) is 0 Å². The van der Waals surface area contributed by atoms with Crippen LogP contribution in [0.2, 0.25) is 0 Å². The first-order chi connectivity index (χ1) is 9.91. The van der Waals surface area contributed by atoms with Crippen LogP contribution in [0, 0.1) is 11.8 Å². The Labute approximate surface area is 123 Å². The Morgan fingerprint density at radius 3 is 2.67 bits per heavy atom. The van der Waals surface area contributed by atoms with Crippen LogP contribution in [0.5, 0.6) is 5.75 Å². The Kier molecular flexibility index (Phi) is 5.14. The van der Waals surface area contributed by atoms with Gasteiger partial charge in [-0.05, 0) is 43.2 Å². The van der Waals surface area contributed by atoms with Gasteiger partial charge in [-0.2, -0.15) is 13.2 Å². The van der Waals surface area contributed by atoms with Crippen LogP contribution < -0.4 is 10.5 Å². The number of hydrogen-bond donors (Lipinski definition) is 1. The first kappa shape index (κ1) is 16.1. The number of halogens is 3. The second kappa shape index (κ2) is 6.69. The van der Waals surface area contributed by atoms with Crippen molar-refractivity contribution in [2.75, 3.05) is 7.11 Å². The molecule has 118 valence electrons. The van der Waals surface area contributed by atoms with E-state index in [9.17, 15) is 13.2 Å². The Hall–Kier alpha value is -1.23. The lowest BCUT2D eigenvalue weighted by molar-refractivity contribution is -0.186. The molecule has 3 atom stereocenters. The van der Waals surface area contributed by atoms with Gasteiger partial charge in [-0.25, -0.2) is 0 Å². The lowest BCUT2D eigenvalue weighted by Crippen LogP contribution is -2.38. The number of alkyl halides is 3. The molecule has 3 unspecified atom stereocenters. The van der Waals surface area contributed by atoms with E-state index in [2.05, 4.69) is 0 Å². The molecule has 0 aliphatic heterocycles. The van der Waals surface area contributed by atoms with Gasteiger partial charge in [-0.15, -0.1) is 0 Å². The fourth-order valence-electron chi connectivity index (χ4n) is 3.21. The van der Waals surface area contributed by atoms with E-state index in [4.69, 9.17) is 10.5 Å². The largest absolute Gasteiger partial charge is 0.496 e. The van der Waals surface area contributed by atoms with Gasteiger partial charge in [-0.1, -0.05) is 24.6 Å². The van der Waals surface area contributed by atoms with Gasteiger partial charge in [0.1, 0.15) is 5.75 Å². The summed E-state index contributed by atoms with van der Waals surface area (Å²) < 4.78 is 43.9. The molecule has 2 nitrogen and oxygen atoms in total. The smallest absolute Gasteiger partial charge is 0.391 e. The molecule has 0 spiro atoms. The third-order valence-electron chi connectivity index (χ3n) is 4.43. The average Bonchev–Trinajstić information content (AvgIpc) is 2.47. The molecule has 0 bridgehead atoms. The molecule has 5 heteroatoms. The monoisotopic (exact) mass is 301 g/mol. The number of para-hydroxylation sites is 1. The lowest BCUT2D eigenvalue weighted by atomic mass is 9.76. The quantitative estimate of drug-likeness (QED) is 0.914. The molecule has 21 heavy (non-hydrogen) atoms. The van der Waals surface area contributed by atoms with Crippen LogP contribution in [0.25, 0.3) is 0 Å². The summed E-state index contributed by atoms with van der Waals surface area (Å²) in [6.07, 6.45) is -1.76. The van der Waals surface area contributed by atoms with Gasteiger partial charge in [0.25, 0.3) is 0 Å². The molecule has 1 fully saturated rings. The maximum atomic E-state index is 12.9. The van der Waals surface area contributed by atoms with Crippen molar-refractivity contribution >= 4 is 0 Å². The second-order valence-corrected chi connectivity index (χ2v) is 5.85. The molecule has 1 aliphatic rings. The van der Waals surface area contributed by atoms with Crippen LogP contribution in [0.4, 0.5) is 13.2 Å². The van der Waals surface area contributed by atoms with Crippen molar-refractivity contribution in [2.24, 2.45) is 17.6 Å². The normalized spacial score (nSPS) is 24.6. The lowest BCUT2D eigenvalue weighted by Gasteiger charge is -2.34. The third kappa shape index (κ3) is 4.13. The summed E-state index contributed by atoms with van der Waals surface area (Å²) >= 11 is 0. The fourth-order valence-corrected chi connectivity index (χ4v) is 3.21. The van der Waals surface area contributed by atoms with E-state index in [0.29, 0.717) is 12.8 Å². The Bertz CT molecular complexity index is 461. The predicted molar refractivity (Wildman–Crippen MR) is 76.2 cm³/mol. The fraction of sp³-hybridized carbons (Fsp3) is 0.625. The number of rotatable bonds is 4. The van der Waals surface area contributed by atoms with E-state index in [-0.39, 0.29) is 24.8 Å². The molecule has 1 aromatic carbocycles. The molecule has 0 saturated heterocycles. The van der Waals surface area contributed by atoms with Gasteiger partial charge < -0.3 is 10.5 Å². The van der Waals surface area contributed by atoms with Crippen LogP contribution >= 0.6 is 0 Å². The molecule has 2 N–H and O–H groups in total. The van der Waals surface area contributed by atoms with E-state index < -0.39 is 12.1 Å². The zero-order valence-corrected chi connectivity index (χ0v) is 12.2.